The third-order valence-corrected chi connectivity index (χ3v) is 7.44. The van der Waals surface area contributed by atoms with E-state index in [1.807, 2.05) is 37.3 Å². The van der Waals surface area contributed by atoms with Gasteiger partial charge in [0, 0.05) is 25.0 Å². The van der Waals surface area contributed by atoms with E-state index >= 15 is 0 Å². The summed E-state index contributed by atoms with van der Waals surface area (Å²) >= 11 is 6.05. The molecule has 0 saturated heterocycles. The lowest BCUT2D eigenvalue weighted by Crippen LogP contribution is -2.52. The van der Waals surface area contributed by atoms with Crippen molar-refractivity contribution < 1.29 is 22.7 Å². The van der Waals surface area contributed by atoms with Crippen LogP contribution < -0.4 is 14.4 Å². The predicted octanol–water partition coefficient (Wildman–Crippen LogP) is 3.81. The van der Waals surface area contributed by atoms with Gasteiger partial charge >= 0.3 is 0 Å². The number of nitrogens with one attached hydrogen (secondary N) is 1. The highest BCUT2D eigenvalue weighted by molar-refractivity contribution is 7.92. The lowest BCUT2D eigenvalue weighted by atomic mass is 10.0. The Kier molecular flexibility index (Phi) is 9.77. The van der Waals surface area contributed by atoms with Crippen molar-refractivity contribution in [2.45, 2.75) is 25.9 Å². The van der Waals surface area contributed by atoms with Crippen LogP contribution in [0.15, 0.2) is 72.8 Å². The lowest BCUT2D eigenvalue weighted by molar-refractivity contribution is -0.139. The standard InChI is InChI=1S/C28H32ClN3O5S/c1-20-10-15-26(37-3)24(16-20)32(38(4,35)36)19-27(33)31(18-22-11-13-23(29)14-12-22)25(28(34)30-2)17-21-8-6-5-7-9-21/h5-16,25H,17-19H2,1-4H3,(H,30,34)/t25-/m1/s1. The average Bonchev–Trinajstić information content (AvgIpc) is 2.89. The highest BCUT2D eigenvalue weighted by Gasteiger charge is 2.33. The molecule has 0 bridgehead atoms. The minimum atomic E-state index is -3.90. The van der Waals surface area contributed by atoms with E-state index in [2.05, 4.69) is 5.32 Å². The second-order valence-electron chi connectivity index (χ2n) is 8.91. The van der Waals surface area contributed by atoms with Gasteiger partial charge in [-0.15, -0.1) is 0 Å². The Morgan fingerprint density at radius 1 is 1.00 bits per heavy atom. The summed E-state index contributed by atoms with van der Waals surface area (Å²) in [6.45, 7) is 1.37. The van der Waals surface area contributed by atoms with Gasteiger partial charge in [-0.3, -0.25) is 13.9 Å². The summed E-state index contributed by atoms with van der Waals surface area (Å²) in [6, 6.07) is 20.5. The summed E-state index contributed by atoms with van der Waals surface area (Å²) in [4.78, 5) is 28.5. The Hall–Kier alpha value is -3.56. The van der Waals surface area contributed by atoms with Crippen LogP contribution in [0.5, 0.6) is 5.75 Å². The van der Waals surface area contributed by atoms with Crippen LogP contribution in [-0.2, 0) is 32.6 Å². The Bertz CT molecular complexity index is 1360. The number of anilines is 1. The number of ether oxygens (including phenoxy) is 1. The van der Waals surface area contributed by atoms with Crippen molar-refractivity contribution >= 4 is 39.1 Å². The largest absolute Gasteiger partial charge is 0.495 e. The number of sulfonamides is 1. The molecule has 10 heteroatoms. The van der Waals surface area contributed by atoms with Crippen molar-refractivity contribution in [3.8, 4) is 5.75 Å². The van der Waals surface area contributed by atoms with Crippen molar-refractivity contribution in [2.75, 3.05) is 31.3 Å². The summed E-state index contributed by atoms with van der Waals surface area (Å²) in [7, 11) is -0.956. The SMILES string of the molecule is CNC(=O)[C@@H](Cc1ccccc1)N(Cc1ccc(Cl)cc1)C(=O)CN(c1cc(C)ccc1OC)S(C)(=O)=O. The fourth-order valence-corrected chi connectivity index (χ4v) is 5.07. The third-order valence-electron chi connectivity index (χ3n) is 6.07. The van der Waals surface area contributed by atoms with Crippen LogP contribution in [0.3, 0.4) is 0 Å². The maximum Gasteiger partial charge on any atom is 0.244 e. The molecule has 3 aromatic carbocycles. The number of nitrogens with zero attached hydrogens (tertiary/aromatic N) is 2. The summed E-state index contributed by atoms with van der Waals surface area (Å²) in [5.74, 6) is -0.598. The van der Waals surface area contributed by atoms with Gasteiger partial charge in [0.2, 0.25) is 21.8 Å². The summed E-state index contributed by atoms with van der Waals surface area (Å²) < 4.78 is 32.3. The zero-order valence-corrected chi connectivity index (χ0v) is 23.4. The van der Waals surface area contributed by atoms with Gasteiger partial charge in [0.1, 0.15) is 18.3 Å². The van der Waals surface area contributed by atoms with Crippen LogP contribution in [0.25, 0.3) is 0 Å². The van der Waals surface area contributed by atoms with Crippen LogP contribution in [0.4, 0.5) is 5.69 Å². The van der Waals surface area contributed by atoms with E-state index < -0.39 is 28.5 Å². The van der Waals surface area contributed by atoms with Crippen molar-refractivity contribution in [3.05, 3.63) is 94.5 Å². The number of carbonyl (C=O) groups is 2. The first-order chi connectivity index (χ1) is 18.0. The van der Waals surface area contributed by atoms with Crippen LogP contribution in [0.2, 0.25) is 5.02 Å². The molecule has 0 heterocycles. The quantitative estimate of drug-likeness (QED) is 0.387. The second-order valence-corrected chi connectivity index (χ2v) is 11.3. The molecule has 8 nitrogen and oxygen atoms in total. The molecule has 202 valence electrons. The molecule has 0 saturated carbocycles. The molecular weight excluding hydrogens is 526 g/mol. The Morgan fingerprint density at radius 2 is 1.66 bits per heavy atom. The van der Waals surface area contributed by atoms with E-state index in [1.165, 1.54) is 19.1 Å². The van der Waals surface area contributed by atoms with Crippen molar-refractivity contribution in [2.24, 2.45) is 0 Å². The van der Waals surface area contributed by atoms with Gasteiger partial charge in [0.15, 0.2) is 0 Å². The van der Waals surface area contributed by atoms with Gasteiger partial charge in [-0.1, -0.05) is 60.1 Å². The summed E-state index contributed by atoms with van der Waals surface area (Å²) in [5.41, 5.74) is 2.64. The van der Waals surface area contributed by atoms with Gasteiger partial charge < -0.3 is 15.0 Å². The van der Waals surface area contributed by atoms with Crippen molar-refractivity contribution in [1.29, 1.82) is 0 Å². The number of aryl methyl sites for hydroxylation is 1. The number of hydrogen-bond donors (Lipinski definition) is 1. The van der Waals surface area contributed by atoms with Crippen LogP contribution in [0, 0.1) is 6.92 Å². The molecule has 0 aromatic heterocycles. The Labute approximate surface area is 229 Å². The third kappa shape index (κ3) is 7.49. The highest BCUT2D eigenvalue weighted by atomic mass is 35.5. The second kappa shape index (κ2) is 12.8. The molecule has 0 fully saturated rings. The fourth-order valence-electron chi connectivity index (χ4n) is 4.10. The minimum Gasteiger partial charge on any atom is -0.495 e. The molecule has 2 amide bonds. The number of methoxy groups -OCH3 is 1. The smallest absolute Gasteiger partial charge is 0.244 e. The molecule has 0 unspecified atom stereocenters. The Morgan fingerprint density at radius 3 is 2.24 bits per heavy atom. The molecule has 38 heavy (non-hydrogen) atoms. The highest BCUT2D eigenvalue weighted by Crippen LogP contribution is 2.31. The number of amides is 2. The zero-order valence-electron chi connectivity index (χ0n) is 21.8. The topological polar surface area (TPSA) is 96.0 Å². The van der Waals surface area contributed by atoms with Gasteiger partial charge in [-0.05, 0) is 47.9 Å². The number of benzene rings is 3. The fraction of sp³-hybridized carbons (Fsp3) is 0.286. The van der Waals surface area contributed by atoms with Crippen LogP contribution >= 0.6 is 11.6 Å². The number of hydrogen-bond acceptors (Lipinski definition) is 5. The predicted molar refractivity (Wildman–Crippen MR) is 150 cm³/mol. The summed E-state index contributed by atoms with van der Waals surface area (Å²) in [5, 5.41) is 3.19. The molecule has 1 atom stereocenters. The van der Waals surface area contributed by atoms with E-state index in [-0.39, 0.29) is 24.6 Å². The van der Waals surface area contributed by atoms with E-state index in [1.54, 1.807) is 42.5 Å². The number of rotatable bonds is 11. The molecule has 0 radical (unpaired) electrons. The number of likely N-dealkylation sites (N-methyl/N-ethyl adjacent to an activating group) is 1. The number of carbonyl (C=O) groups excluding carboxylic acids is 2. The van der Waals surface area contributed by atoms with Crippen molar-refractivity contribution in [3.63, 3.8) is 0 Å². The maximum atomic E-state index is 14.0. The molecule has 3 rings (SSSR count). The maximum absolute atomic E-state index is 14.0. The molecule has 3 aromatic rings. The minimum absolute atomic E-state index is 0.0729. The van der Waals surface area contributed by atoms with Gasteiger partial charge in [-0.2, -0.15) is 0 Å². The van der Waals surface area contributed by atoms with Gasteiger partial charge in [-0.25, -0.2) is 8.42 Å². The monoisotopic (exact) mass is 557 g/mol. The van der Waals surface area contributed by atoms with Crippen molar-refractivity contribution in [1.82, 2.24) is 10.2 Å². The molecule has 0 spiro atoms. The lowest BCUT2D eigenvalue weighted by Gasteiger charge is -2.33. The van der Waals surface area contributed by atoms with E-state index in [4.69, 9.17) is 16.3 Å². The Balaban J connectivity index is 2.06. The average molecular weight is 558 g/mol. The van der Waals surface area contributed by atoms with E-state index in [0.717, 1.165) is 27.3 Å². The van der Waals surface area contributed by atoms with Gasteiger partial charge in [0.25, 0.3) is 0 Å². The first-order valence-corrected chi connectivity index (χ1v) is 14.2. The molecule has 1 N–H and O–H groups in total. The summed E-state index contributed by atoms with van der Waals surface area (Å²) in [6.07, 6.45) is 1.28. The van der Waals surface area contributed by atoms with Crippen LogP contribution in [0.1, 0.15) is 16.7 Å². The van der Waals surface area contributed by atoms with E-state index in [0.29, 0.717) is 10.8 Å². The van der Waals surface area contributed by atoms with Crippen LogP contribution in [-0.4, -0.2) is 58.1 Å². The zero-order chi connectivity index (χ0) is 27.9. The van der Waals surface area contributed by atoms with Gasteiger partial charge in [0.05, 0.1) is 19.1 Å². The number of halogens is 1. The first-order valence-electron chi connectivity index (χ1n) is 11.9. The molecular formula is C28H32ClN3O5S. The first kappa shape index (κ1) is 29.0. The normalized spacial score (nSPS) is 11.9. The van der Waals surface area contributed by atoms with E-state index in [9.17, 15) is 18.0 Å². The molecule has 0 aliphatic rings. The molecule has 0 aliphatic carbocycles. The molecule has 0 aliphatic heterocycles.